The summed E-state index contributed by atoms with van der Waals surface area (Å²) in [5, 5.41) is 0. The lowest BCUT2D eigenvalue weighted by molar-refractivity contribution is 0.509. The summed E-state index contributed by atoms with van der Waals surface area (Å²) in [6.45, 7) is 4.03. The topological polar surface area (TPSA) is 0 Å². The fourth-order valence-electron chi connectivity index (χ4n) is 4.04. The van der Waals surface area contributed by atoms with Crippen molar-refractivity contribution in [2.24, 2.45) is 0 Å². The molecule has 0 amide bonds. The molecule has 4 aromatic rings. The molecule has 0 aliphatic heterocycles. The van der Waals surface area contributed by atoms with Crippen molar-refractivity contribution in [3.05, 3.63) is 119 Å². The van der Waals surface area contributed by atoms with Gasteiger partial charge < -0.3 is 0 Å². The van der Waals surface area contributed by atoms with Gasteiger partial charge in [0.2, 0.25) is 0 Å². The van der Waals surface area contributed by atoms with Crippen molar-refractivity contribution in [3.63, 3.8) is 0 Å². The summed E-state index contributed by atoms with van der Waals surface area (Å²) in [4.78, 5) is 0. The number of rotatable bonds is 7. The quantitative estimate of drug-likeness (QED) is 0.243. The fourth-order valence-corrected chi connectivity index (χ4v) is 4.04. The number of aryl methyl sites for hydroxylation is 2. The van der Waals surface area contributed by atoms with Gasteiger partial charge in [-0.1, -0.05) is 105 Å². The Morgan fingerprint density at radius 1 is 0.647 bits per heavy atom. The van der Waals surface area contributed by atoms with Crippen LogP contribution >= 0.6 is 0 Å². The summed E-state index contributed by atoms with van der Waals surface area (Å²) in [5.41, 5.74) is 5.50. The van der Waals surface area contributed by atoms with E-state index in [2.05, 4.69) is 6.92 Å². The summed E-state index contributed by atoms with van der Waals surface area (Å²) in [5.74, 6) is -1.92. The van der Waals surface area contributed by atoms with Gasteiger partial charge in [-0.25, -0.2) is 13.2 Å². The lowest BCUT2D eigenvalue weighted by Gasteiger charge is -2.08. The Morgan fingerprint density at radius 3 is 1.97 bits per heavy atom. The van der Waals surface area contributed by atoms with Crippen LogP contribution in [0.2, 0.25) is 0 Å². The van der Waals surface area contributed by atoms with Gasteiger partial charge in [-0.15, -0.1) is 0 Å². The van der Waals surface area contributed by atoms with Gasteiger partial charge in [0.25, 0.3) is 0 Å². The van der Waals surface area contributed by atoms with Gasteiger partial charge in [-0.2, -0.15) is 0 Å². The highest BCUT2D eigenvalue weighted by Crippen LogP contribution is 2.28. The van der Waals surface area contributed by atoms with Gasteiger partial charge >= 0.3 is 0 Å². The number of benzene rings is 4. The van der Waals surface area contributed by atoms with E-state index in [0.717, 1.165) is 29.5 Å². The highest BCUT2D eigenvalue weighted by molar-refractivity contribution is 5.74. The van der Waals surface area contributed by atoms with Crippen LogP contribution in [0.25, 0.3) is 34.4 Å². The van der Waals surface area contributed by atoms with E-state index in [0.29, 0.717) is 17.5 Å². The van der Waals surface area contributed by atoms with E-state index in [1.165, 1.54) is 5.56 Å². The lowest BCUT2D eigenvalue weighted by Crippen LogP contribution is -1.94. The number of hydrogen-bond acceptors (Lipinski definition) is 0. The molecule has 0 spiro atoms. The minimum Gasteiger partial charge on any atom is -0.207 e. The first-order chi connectivity index (χ1) is 16.5. The monoisotopic (exact) mass is 456 g/mol. The van der Waals surface area contributed by atoms with Crippen LogP contribution in [0.5, 0.6) is 0 Å². The summed E-state index contributed by atoms with van der Waals surface area (Å²) in [6.07, 6.45) is 5.96. The molecule has 0 heterocycles. The van der Waals surface area contributed by atoms with Gasteiger partial charge in [-0.3, -0.25) is 0 Å². The molecule has 0 saturated carbocycles. The molecule has 0 fully saturated rings. The van der Waals surface area contributed by atoms with Gasteiger partial charge in [0, 0.05) is 11.1 Å². The van der Waals surface area contributed by atoms with Crippen molar-refractivity contribution in [2.75, 3.05) is 0 Å². The maximum Gasteiger partial charge on any atom is 0.167 e. The third kappa shape index (κ3) is 5.14. The molecule has 0 saturated heterocycles. The van der Waals surface area contributed by atoms with Crippen LogP contribution in [0, 0.1) is 17.5 Å². The van der Waals surface area contributed by atoms with Crippen LogP contribution in [-0.2, 0) is 12.8 Å². The Hall–Kier alpha value is -3.59. The molecule has 0 atom stereocenters. The van der Waals surface area contributed by atoms with E-state index in [-0.39, 0.29) is 16.9 Å². The second-order valence-corrected chi connectivity index (χ2v) is 8.39. The molecule has 172 valence electrons. The van der Waals surface area contributed by atoms with Crippen molar-refractivity contribution in [3.8, 4) is 22.3 Å². The maximum absolute atomic E-state index is 14.8. The smallest absolute Gasteiger partial charge is 0.167 e. The van der Waals surface area contributed by atoms with Gasteiger partial charge in [0.1, 0.15) is 5.82 Å². The molecule has 4 aromatic carbocycles. The van der Waals surface area contributed by atoms with Crippen molar-refractivity contribution >= 4 is 12.2 Å². The molecule has 4 rings (SSSR count). The number of halogens is 3. The highest BCUT2D eigenvalue weighted by Gasteiger charge is 2.13. The molecular formula is C31H27F3. The first-order valence-electron chi connectivity index (χ1n) is 11.6. The zero-order chi connectivity index (χ0) is 24.1. The summed E-state index contributed by atoms with van der Waals surface area (Å²) in [7, 11) is 0. The van der Waals surface area contributed by atoms with Crippen molar-refractivity contribution < 1.29 is 13.2 Å². The molecule has 0 bridgehead atoms. The largest absolute Gasteiger partial charge is 0.207 e. The molecule has 0 aliphatic carbocycles. The van der Waals surface area contributed by atoms with E-state index in [1.54, 1.807) is 36.4 Å². The Kier molecular flexibility index (Phi) is 7.32. The molecule has 0 unspecified atom stereocenters. The first-order valence-corrected chi connectivity index (χ1v) is 11.6. The zero-order valence-electron chi connectivity index (χ0n) is 19.4. The second kappa shape index (κ2) is 10.6. The van der Waals surface area contributed by atoms with Gasteiger partial charge in [0.05, 0.1) is 0 Å². The van der Waals surface area contributed by atoms with Crippen LogP contribution in [0.4, 0.5) is 13.2 Å². The number of hydrogen-bond donors (Lipinski definition) is 0. The third-order valence-electron chi connectivity index (χ3n) is 6.05. The van der Waals surface area contributed by atoms with Crippen molar-refractivity contribution in [1.82, 2.24) is 0 Å². The SMILES string of the molecule is CCCc1ccc(-c2ccc(C=Cc3ccc(-c4ccc(CC)c(F)c4)cc3)c(F)c2F)cc1. The summed E-state index contributed by atoms with van der Waals surface area (Å²) >= 11 is 0. The van der Waals surface area contributed by atoms with Crippen LogP contribution < -0.4 is 0 Å². The molecule has 0 N–H and O–H groups in total. The van der Waals surface area contributed by atoms with Gasteiger partial charge in [-0.05, 0) is 52.3 Å². The zero-order valence-corrected chi connectivity index (χ0v) is 19.4. The van der Waals surface area contributed by atoms with E-state index in [1.807, 2.05) is 61.5 Å². The van der Waals surface area contributed by atoms with Gasteiger partial charge in [0.15, 0.2) is 11.6 Å². The minimum atomic E-state index is -0.866. The van der Waals surface area contributed by atoms with Crippen LogP contribution in [-0.4, -0.2) is 0 Å². The molecule has 0 radical (unpaired) electrons. The molecule has 0 nitrogen and oxygen atoms in total. The van der Waals surface area contributed by atoms with E-state index in [9.17, 15) is 13.2 Å². The summed E-state index contributed by atoms with van der Waals surface area (Å²) < 4.78 is 43.7. The molecule has 34 heavy (non-hydrogen) atoms. The average molecular weight is 457 g/mol. The molecule has 3 heteroatoms. The predicted molar refractivity (Wildman–Crippen MR) is 136 cm³/mol. The highest BCUT2D eigenvalue weighted by atomic mass is 19.2. The standard InChI is InChI=1S/C31H27F3/c1-3-5-21-8-13-25(14-9-21)28-19-18-26(30(33)31(28)34)15-10-22-6-11-24(12-7-22)27-17-16-23(4-2)29(32)20-27/h6-20H,3-5H2,1-2H3. The first kappa shape index (κ1) is 23.6. The summed E-state index contributed by atoms with van der Waals surface area (Å²) in [6, 6.07) is 23.6. The Morgan fingerprint density at radius 2 is 1.32 bits per heavy atom. The Balaban J connectivity index is 1.52. The van der Waals surface area contributed by atoms with Crippen LogP contribution in [0.3, 0.4) is 0 Å². The van der Waals surface area contributed by atoms with E-state index < -0.39 is 11.6 Å². The fraction of sp³-hybridized carbons (Fsp3) is 0.161. The average Bonchev–Trinajstić information content (AvgIpc) is 2.86. The predicted octanol–water partition coefficient (Wildman–Crippen LogP) is 9.12. The molecule has 0 aliphatic rings. The Bertz CT molecular complexity index is 1300. The van der Waals surface area contributed by atoms with Crippen LogP contribution in [0.1, 0.15) is 42.5 Å². The third-order valence-corrected chi connectivity index (χ3v) is 6.05. The van der Waals surface area contributed by atoms with Crippen molar-refractivity contribution in [1.29, 1.82) is 0 Å². The molecular weight excluding hydrogens is 429 g/mol. The normalized spacial score (nSPS) is 11.3. The second-order valence-electron chi connectivity index (χ2n) is 8.39. The van der Waals surface area contributed by atoms with E-state index in [4.69, 9.17) is 0 Å². The molecule has 0 aromatic heterocycles. The Labute approximate surface area is 199 Å². The maximum atomic E-state index is 14.8. The lowest BCUT2D eigenvalue weighted by atomic mass is 9.99. The van der Waals surface area contributed by atoms with E-state index >= 15 is 0 Å². The minimum absolute atomic E-state index is 0.185. The van der Waals surface area contributed by atoms with Crippen LogP contribution in [0.15, 0.2) is 78.9 Å². The van der Waals surface area contributed by atoms with Crippen molar-refractivity contribution in [2.45, 2.75) is 33.1 Å².